The molecule has 0 N–H and O–H groups in total. The molecule has 1 aromatic carbocycles. The Labute approximate surface area is 167 Å². The Hall–Kier alpha value is -1.46. The van der Waals surface area contributed by atoms with Gasteiger partial charge in [0, 0.05) is 49.9 Å². The van der Waals surface area contributed by atoms with Crippen molar-refractivity contribution in [2.24, 2.45) is 17.8 Å². The Morgan fingerprint density at radius 3 is 2.54 bits per heavy atom. The molecule has 3 saturated heterocycles. The fraction of sp³-hybridized carbons (Fsp3) is 0.739. The summed E-state index contributed by atoms with van der Waals surface area (Å²) < 4.78 is 16.8. The number of likely N-dealkylation sites (tertiary alicyclic amines) is 1. The van der Waals surface area contributed by atoms with Gasteiger partial charge in [-0.25, -0.2) is 0 Å². The van der Waals surface area contributed by atoms with Gasteiger partial charge in [0.1, 0.15) is 5.75 Å². The van der Waals surface area contributed by atoms with Gasteiger partial charge in [-0.15, -0.1) is 0 Å². The molecule has 0 spiro atoms. The molecule has 4 fully saturated rings. The van der Waals surface area contributed by atoms with Crippen LogP contribution in [-0.4, -0.2) is 55.4 Å². The predicted molar refractivity (Wildman–Crippen MR) is 107 cm³/mol. The average molecular weight is 385 g/mol. The van der Waals surface area contributed by atoms with Gasteiger partial charge < -0.3 is 14.2 Å². The summed E-state index contributed by atoms with van der Waals surface area (Å²) in [5.41, 5.74) is 1.23. The van der Waals surface area contributed by atoms with Crippen LogP contribution in [0.1, 0.15) is 44.1 Å². The molecule has 4 heterocycles. The Morgan fingerprint density at radius 2 is 1.75 bits per heavy atom. The van der Waals surface area contributed by atoms with Gasteiger partial charge in [0.2, 0.25) is 6.79 Å². The van der Waals surface area contributed by atoms with E-state index in [1.807, 2.05) is 6.07 Å². The lowest BCUT2D eigenvalue weighted by Gasteiger charge is -2.55. The van der Waals surface area contributed by atoms with Crippen molar-refractivity contribution in [3.8, 4) is 17.2 Å². The molecule has 5 nitrogen and oxygen atoms in total. The molecule has 0 aromatic heterocycles. The molecule has 4 aliphatic heterocycles. The van der Waals surface area contributed by atoms with E-state index in [0.717, 1.165) is 53.6 Å². The molecule has 1 aliphatic carbocycles. The number of rotatable bonds is 4. The summed E-state index contributed by atoms with van der Waals surface area (Å²) >= 11 is 0. The molecule has 5 aliphatic rings. The van der Waals surface area contributed by atoms with Gasteiger partial charge in [0.15, 0.2) is 11.5 Å². The fourth-order valence-corrected chi connectivity index (χ4v) is 6.59. The third-order valence-electron chi connectivity index (χ3n) is 7.85. The van der Waals surface area contributed by atoms with Gasteiger partial charge in [0.25, 0.3) is 0 Å². The molecule has 28 heavy (non-hydrogen) atoms. The lowest BCUT2D eigenvalue weighted by Crippen LogP contribution is -2.61. The van der Waals surface area contributed by atoms with Crippen LogP contribution < -0.4 is 14.2 Å². The molecule has 1 saturated carbocycles. The van der Waals surface area contributed by atoms with Gasteiger partial charge in [0.05, 0.1) is 7.11 Å². The van der Waals surface area contributed by atoms with Gasteiger partial charge in [-0.05, 0) is 55.9 Å². The van der Waals surface area contributed by atoms with Crippen LogP contribution in [0, 0.1) is 17.8 Å². The Bertz CT molecular complexity index is 750. The summed E-state index contributed by atoms with van der Waals surface area (Å²) in [6.45, 7) is 5.04. The van der Waals surface area contributed by atoms with Gasteiger partial charge >= 0.3 is 0 Å². The van der Waals surface area contributed by atoms with Crippen LogP contribution in [0.5, 0.6) is 17.2 Å². The topological polar surface area (TPSA) is 34.2 Å². The van der Waals surface area contributed by atoms with E-state index in [1.54, 1.807) is 7.11 Å². The first-order valence-corrected chi connectivity index (χ1v) is 11.2. The Morgan fingerprint density at radius 1 is 0.964 bits per heavy atom. The lowest BCUT2D eigenvalue weighted by atomic mass is 9.74. The second-order valence-corrected chi connectivity index (χ2v) is 9.67. The highest BCUT2D eigenvalue weighted by Gasteiger charge is 2.48. The van der Waals surface area contributed by atoms with Crippen molar-refractivity contribution in [1.29, 1.82) is 0 Å². The van der Waals surface area contributed by atoms with Crippen LogP contribution in [0.3, 0.4) is 0 Å². The van der Waals surface area contributed by atoms with Crippen LogP contribution in [0.25, 0.3) is 0 Å². The fourth-order valence-electron chi connectivity index (χ4n) is 6.59. The molecule has 2 bridgehead atoms. The van der Waals surface area contributed by atoms with E-state index in [-0.39, 0.29) is 0 Å². The monoisotopic (exact) mass is 384 g/mol. The van der Waals surface area contributed by atoms with Crippen molar-refractivity contribution in [2.75, 3.05) is 33.5 Å². The van der Waals surface area contributed by atoms with Crippen LogP contribution >= 0.6 is 0 Å². The average Bonchev–Trinajstić information content (AvgIpc) is 3.45. The van der Waals surface area contributed by atoms with E-state index in [4.69, 9.17) is 14.2 Å². The van der Waals surface area contributed by atoms with Crippen molar-refractivity contribution in [2.45, 2.75) is 57.2 Å². The van der Waals surface area contributed by atoms with Crippen molar-refractivity contribution in [3.63, 3.8) is 0 Å². The SMILES string of the molecule is COc1cc2c(cc1CN1C[C@@H]3C[C@H](C1)[C@@H]1CCC[C@H](C4CC4)N1C3)OCO2. The van der Waals surface area contributed by atoms with Crippen LogP contribution in [0.15, 0.2) is 12.1 Å². The smallest absolute Gasteiger partial charge is 0.231 e. The maximum absolute atomic E-state index is 5.67. The summed E-state index contributed by atoms with van der Waals surface area (Å²) in [5.74, 6) is 5.28. The van der Waals surface area contributed by atoms with Gasteiger partial charge in [-0.3, -0.25) is 9.80 Å². The minimum absolute atomic E-state index is 0.315. The highest BCUT2D eigenvalue weighted by molar-refractivity contribution is 5.51. The standard InChI is InChI=1S/C23H32N2O3/c1-26-21-9-23-22(27-14-28-23)8-18(21)13-24-10-15-7-17(12-24)20-4-2-3-19(16-5-6-16)25(20)11-15/h8-9,15-17,19-20H,2-7,10-14H2,1H3/t15-,17+,19+,20-/m0/s1. The Kier molecular flexibility index (Phi) is 4.23. The van der Waals surface area contributed by atoms with Crippen molar-refractivity contribution < 1.29 is 14.2 Å². The van der Waals surface area contributed by atoms with Crippen molar-refractivity contribution in [3.05, 3.63) is 17.7 Å². The number of hydrogen-bond donors (Lipinski definition) is 0. The van der Waals surface area contributed by atoms with E-state index in [9.17, 15) is 0 Å². The van der Waals surface area contributed by atoms with Crippen LogP contribution in [-0.2, 0) is 6.54 Å². The molecule has 0 amide bonds. The second kappa shape index (κ2) is 6.81. The van der Waals surface area contributed by atoms with E-state index >= 15 is 0 Å². The molecule has 0 unspecified atom stereocenters. The first-order chi connectivity index (χ1) is 13.8. The maximum atomic E-state index is 5.67. The first-order valence-electron chi connectivity index (χ1n) is 11.2. The molecule has 5 heteroatoms. The largest absolute Gasteiger partial charge is 0.496 e. The van der Waals surface area contributed by atoms with E-state index < -0.39 is 0 Å². The summed E-state index contributed by atoms with van der Waals surface area (Å²) in [4.78, 5) is 5.65. The zero-order chi connectivity index (χ0) is 18.7. The number of benzene rings is 1. The zero-order valence-corrected chi connectivity index (χ0v) is 16.9. The molecule has 6 rings (SSSR count). The van der Waals surface area contributed by atoms with Gasteiger partial charge in [-0.1, -0.05) is 6.42 Å². The molecular weight excluding hydrogens is 352 g/mol. The molecule has 1 aromatic rings. The van der Waals surface area contributed by atoms with Crippen molar-refractivity contribution >= 4 is 0 Å². The highest BCUT2D eigenvalue weighted by atomic mass is 16.7. The minimum atomic E-state index is 0.315. The summed E-state index contributed by atoms with van der Waals surface area (Å²) in [7, 11) is 1.75. The number of ether oxygens (including phenoxy) is 3. The summed E-state index contributed by atoms with van der Waals surface area (Å²) in [5, 5.41) is 0. The maximum Gasteiger partial charge on any atom is 0.231 e. The van der Waals surface area contributed by atoms with E-state index in [1.165, 1.54) is 63.7 Å². The third kappa shape index (κ3) is 2.98. The number of hydrogen-bond acceptors (Lipinski definition) is 5. The molecule has 0 radical (unpaired) electrons. The number of nitrogens with zero attached hydrogens (tertiary/aromatic N) is 2. The molecular formula is C23H32N2O3. The highest BCUT2D eigenvalue weighted by Crippen LogP contribution is 2.47. The summed E-state index contributed by atoms with van der Waals surface area (Å²) in [6.07, 6.45) is 8.73. The third-order valence-corrected chi connectivity index (χ3v) is 7.85. The van der Waals surface area contributed by atoms with E-state index in [0.29, 0.717) is 6.79 Å². The molecule has 152 valence electrons. The van der Waals surface area contributed by atoms with Gasteiger partial charge in [-0.2, -0.15) is 0 Å². The number of piperidine rings is 3. The summed E-state index contributed by atoms with van der Waals surface area (Å²) in [6, 6.07) is 5.86. The van der Waals surface area contributed by atoms with Crippen molar-refractivity contribution in [1.82, 2.24) is 9.80 Å². The predicted octanol–water partition coefficient (Wildman–Crippen LogP) is 3.51. The number of fused-ring (bicyclic) bond motifs is 5. The molecule has 4 atom stereocenters. The minimum Gasteiger partial charge on any atom is -0.496 e. The second-order valence-electron chi connectivity index (χ2n) is 9.67. The first kappa shape index (κ1) is 17.4. The van der Waals surface area contributed by atoms with E-state index in [2.05, 4.69) is 15.9 Å². The zero-order valence-electron chi connectivity index (χ0n) is 16.9. The Balaban J connectivity index is 1.20. The number of methoxy groups -OCH3 is 1. The van der Waals surface area contributed by atoms with Crippen LogP contribution in [0.2, 0.25) is 0 Å². The normalized spacial score (nSPS) is 34.9. The quantitative estimate of drug-likeness (QED) is 0.794. The lowest BCUT2D eigenvalue weighted by molar-refractivity contribution is -0.0629. The van der Waals surface area contributed by atoms with Crippen LogP contribution in [0.4, 0.5) is 0 Å².